The Morgan fingerprint density at radius 2 is 1.71 bits per heavy atom. The molecule has 0 aromatic rings. The summed E-state index contributed by atoms with van der Waals surface area (Å²) < 4.78 is 22.7. The molecule has 0 saturated carbocycles. The number of rotatable bonds is 7. The fourth-order valence-electron chi connectivity index (χ4n) is 0.746. The van der Waals surface area contributed by atoms with E-state index in [1.54, 1.807) is 6.08 Å². The van der Waals surface area contributed by atoms with E-state index in [2.05, 4.69) is 6.58 Å². The Balaban J connectivity index is 4.32. The summed E-state index contributed by atoms with van der Waals surface area (Å²) >= 11 is 1.17. The van der Waals surface area contributed by atoms with Gasteiger partial charge in [0.15, 0.2) is 0 Å². The quantitative estimate of drug-likeness (QED) is 0.498. The average Bonchev–Trinajstić information content (AvgIpc) is 1.97. The fraction of sp³-hybridized carbons (Fsp3) is 0.778. The van der Waals surface area contributed by atoms with E-state index in [-0.39, 0.29) is 12.2 Å². The molecule has 0 saturated heterocycles. The second-order valence-corrected chi connectivity index (χ2v) is 7.36. The van der Waals surface area contributed by atoms with E-state index in [0.29, 0.717) is 5.75 Å². The zero-order chi connectivity index (χ0) is 11.2. The van der Waals surface area contributed by atoms with Gasteiger partial charge in [-0.3, -0.25) is 9.05 Å². The molecule has 0 aliphatic rings. The molecule has 0 N–H and O–H groups in total. The van der Waals surface area contributed by atoms with Crippen LogP contribution in [0, 0.1) is 0 Å². The maximum atomic E-state index is 12.1. The van der Waals surface area contributed by atoms with Crippen molar-refractivity contribution in [2.75, 3.05) is 5.75 Å². The SMILES string of the molecule is C=CCSP(=O)(OC(C)C)OC(C)C. The van der Waals surface area contributed by atoms with Crippen LogP contribution in [0.5, 0.6) is 0 Å². The van der Waals surface area contributed by atoms with Crippen LogP contribution in [-0.2, 0) is 13.6 Å². The first-order valence-electron chi connectivity index (χ1n) is 4.62. The highest BCUT2D eigenvalue weighted by molar-refractivity contribution is 8.55. The van der Waals surface area contributed by atoms with Gasteiger partial charge in [0.25, 0.3) is 0 Å². The van der Waals surface area contributed by atoms with Gasteiger partial charge in [0.05, 0.1) is 12.2 Å². The Labute approximate surface area is 90.5 Å². The smallest absolute Gasteiger partial charge is 0.298 e. The molecule has 0 aromatic heterocycles. The van der Waals surface area contributed by atoms with Crippen LogP contribution in [0.2, 0.25) is 0 Å². The molecule has 3 nitrogen and oxygen atoms in total. The van der Waals surface area contributed by atoms with Crippen LogP contribution < -0.4 is 0 Å². The summed E-state index contributed by atoms with van der Waals surface area (Å²) in [5.74, 6) is 0.566. The highest BCUT2D eigenvalue weighted by Crippen LogP contribution is 2.62. The van der Waals surface area contributed by atoms with Crippen LogP contribution in [0.25, 0.3) is 0 Å². The second-order valence-electron chi connectivity index (χ2n) is 3.34. The van der Waals surface area contributed by atoms with Gasteiger partial charge in [-0.25, -0.2) is 4.57 Å². The Morgan fingerprint density at radius 3 is 2.00 bits per heavy atom. The molecule has 0 rings (SSSR count). The van der Waals surface area contributed by atoms with Gasteiger partial charge in [-0.05, 0) is 39.1 Å². The van der Waals surface area contributed by atoms with Crippen LogP contribution in [0.4, 0.5) is 0 Å². The van der Waals surface area contributed by atoms with Crippen LogP contribution >= 0.6 is 18.2 Å². The highest BCUT2D eigenvalue weighted by atomic mass is 32.7. The lowest BCUT2D eigenvalue weighted by Gasteiger charge is -2.21. The molecule has 5 heteroatoms. The molecular formula is C9H19O3PS. The van der Waals surface area contributed by atoms with Crippen molar-refractivity contribution in [1.29, 1.82) is 0 Å². The second kappa shape index (κ2) is 6.67. The molecule has 0 aliphatic carbocycles. The lowest BCUT2D eigenvalue weighted by Crippen LogP contribution is -2.06. The predicted molar refractivity (Wildman–Crippen MR) is 62.7 cm³/mol. The van der Waals surface area contributed by atoms with Crippen molar-refractivity contribution in [3.8, 4) is 0 Å². The van der Waals surface area contributed by atoms with Crippen molar-refractivity contribution in [2.24, 2.45) is 0 Å². The Kier molecular flexibility index (Phi) is 6.79. The average molecular weight is 238 g/mol. The highest BCUT2D eigenvalue weighted by Gasteiger charge is 2.27. The lowest BCUT2D eigenvalue weighted by atomic mass is 10.5. The minimum Gasteiger partial charge on any atom is -0.298 e. The first-order valence-corrected chi connectivity index (χ1v) is 7.75. The van der Waals surface area contributed by atoms with Crippen LogP contribution in [0.3, 0.4) is 0 Å². The Hall–Kier alpha value is 0.240. The third-order valence-electron chi connectivity index (χ3n) is 1.03. The summed E-state index contributed by atoms with van der Waals surface area (Å²) in [7, 11) is 0. The molecule has 0 aliphatic heterocycles. The fourth-order valence-corrected chi connectivity index (χ4v) is 4.50. The van der Waals surface area contributed by atoms with Gasteiger partial charge in [0.2, 0.25) is 0 Å². The Morgan fingerprint density at radius 1 is 1.29 bits per heavy atom. The molecule has 0 atom stereocenters. The summed E-state index contributed by atoms with van der Waals surface area (Å²) in [5, 5.41) is 0. The monoisotopic (exact) mass is 238 g/mol. The summed E-state index contributed by atoms with van der Waals surface area (Å²) in [4.78, 5) is 0. The van der Waals surface area contributed by atoms with Gasteiger partial charge >= 0.3 is 6.80 Å². The normalized spacial score (nSPS) is 12.4. The molecular weight excluding hydrogens is 219 g/mol. The maximum Gasteiger partial charge on any atom is 0.389 e. The molecule has 0 amide bonds. The molecule has 0 bridgehead atoms. The van der Waals surface area contributed by atoms with Crippen molar-refractivity contribution in [3.63, 3.8) is 0 Å². The lowest BCUT2D eigenvalue weighted by molar-refractivity contribution is 0.156. The molecule has 0 fully saturated rings. The standard InChI is InChI=1S/C9H19O3PS/c1-6-7-14-13(10,11-8(2)3)12-9(4)5/h6,8-9H,1,7H2,2-5H3. The van der Waals surface area contributed by atoms with Crippen molar-refractivity contribution >= 4 is 18.2 Å². The van der Waals surface area contributed by atoms with E-state index >= 15 is 0 Å². The molecule has 0 spiro atoms. The molecule has 14 heavy (non-hydrogen) atoms. The summed E-state index contributed by atoms with van der Waals surface area (Å²) in [6, 6.07) is 0. The minimum atomic E-state index is -3.00. The number of hydrogen-bond donors (Lipinski definition) is 0. The van der Waals surface area contributed by atoms with E-state index in [1.165, 1.54) is 11.4 Å². The first-order chi connectivity index (χ1) is 6.39. The van der Waals surface area contributed by atoms with Crippen molar-refractivity contribution < 1.29 is 13.6 Å². The van der Waals surface area contributed by atoms with E-state index in [9.17, 15) is 4.57 Å². The van der Waals surface area contributed by atoms with Gasteiger partial charge in [-0.2, -0.15) is 0 Å². The van der Waals surface area contributed by atoms with Crippen LogP contribution in [-0.4, -0.2) is 18.0 Å². The van der Waals surface area contributed by atoms with Crippen molar-refractivity contribution in [1.82, 2.24) is 0 Å². The van der Waals surface area contributed by atoms with E-state index < -0.39 is 6.80 Å². The summed E-state index contributed by atoms with van der Waals surface area (Å²) in [5.41, 5.74) is 0. The van der Waals surface area contributed by atoms with Gasteiger partial charge in [0, 0.05) is 5.75 Å². The topological polar surface area (TPSA) is 35.5 Å². The third-order valence-corrected chi connectivity index (χ3v) is 5.00. The maximum absolute atomic E-state index is 12.1. The van der Waals surface area contributed by atoms with Crippen LogP contribution in [0.15, 0.2) is 12.7 Å². The number of hydrogen-bond acceptors (Lipinski definition) is 4. The zero-order valence-electron chi connectivity index (χ0n) is 9.23. The van der Waals surface area contributed by atoms with E-state index in [4.69, 9.17) is 9.05 Å². The largest absolute Gasteiger partial charge is 0.389 e. The molecule has 84 valence electrons. The van der Waals surface area contributed by atoms with Gasteiger partial charge in [-0.1, -0.05) is 6.08 Å². The summed E-state index contributed by atoms with van der Waals surface area (Å²) in [6.45, 7) is 7.92. The minimum absolute atomic E-state index is 0.100. The molecule has 0 radical (unpaired) electrons. The summed E-state index contributed by atoms with van der Waals surface area (Å²) in [6.07, 6.45) is 1.49. The zero-order valence-corrected chi connectivity index (χ0v) is 10.9. The molecule has 0 unspecified atom stereocenters. The van der Waals surface area contributed by atoms with Crippen molar-refractivity contribution in [3.05, 3.63) is 12.7 Å². The van der Waals surface area contributed by atoms with Gasteiger partial charge in [0.1, 0.15) is 0 Å². The molecule has 0 heterocycles. The van der Waals surface area contributed by atoms with Gasteiger partial charge < -0.3 is 0 Å². The molecule has 0 aromatic carbocycles. The third kappa shape index (κ3) is 6.66. The van der Waals surface area contributed by atoms with Gasteiger partial charge in [-0.15, -0.1) is 6.58 Å². The van der Waals surface area contributed by atoms with Crippen LogP contribution in [0.1, 0.15) is 27.7 Å². The van der Waals surface area contributed by atoms with Crippen molar-refractivity contribution in [2.45, 2.75) is 39.9 Å². The van der Waals surface area contributed by atoms with E-state index in [0.717, 1.165) is 0 Å². The Bertz CT molecular complexity index is 202. The first kappa shape index (κ1) is 14.2. The predicted octanol–water partition coefficient (Wildman–Crippen LogP) is 3.86. The van der Waals surface area contributed by atoms with E-state index in [1.807, 2.05) is 27.7 Å².